The molecule has 0 radical (unpaired) electrons. The van der Waals surface area contributed by atoms with E-state index in [1.54, 1.807) is 13.4 Å². The lowest BCUT2D eigenvalue weighted by Crippen LogP contribution is -2.29. The number of hydrogen-bond donors (Lipinski definition) is 2. The molecule has 1 fully saturated rings. The number of ether oxygens (including phenoxy) is 1. The molecule has 5 nitrogen and oxygen atoms in total. The summed E-state index contributed by atoms with van der Waals surface area (Å²) in [5, 5.41) is 7.49. The Bertz CT molecular complexity index is 430. The summed E-state index contributed by atoms with van der Waals surface area (Å²) in [6, 6.07) is 0.472. The number of aromatic nitrogens is 2. The number of thioether (sulfide) groups is 1. The highest BCUT2D eigenvalue weighted by atomic mass is 32.2. The predicted molar refractivity (Wildman–Crippen MR) is 85.9 cm³/mol. The highest BCUT2D eigenvalue weighted by Crippen LogP contribution is 2.33. The third-order valence-corrected chi connectivity index (χ3v) is 4.75. The first-order chi connectivity index (χ1) is 9.78. The van der Waals surface area contributed by atoms with Gasteiger partial charge in [-0.3, -0.25) is 0 Å². The van der Waals surface area contributed by atoms with E-state index in [0.717, 1.165) is 23.4 Å². The summed E-state index contributed by atoms with van der Waals surface area (Å²) in [6.07, 6.45) is 8.75. The molecule has 20 heavy (non-hydrogen) atoms. The van der Waals surface area contributed by atoms with Gasteiger partial charge in [0.15, 0.2) is 11.6 Å². The van der Waals surface area contributed by atoms with Crippen molar-refractivity contribution in [2.45, 2.75) is 43.9 Å². The molecule has 2 atom stereocenters. The third-order valence-electron chi connectivity index (χ3n) is 3.65. The van der Waals surface area contributed by atoms with Crippen LogP contribution in [0.25, 0.3) is 0 Å². The van der Waals surface area contributed by atoms with Crippen molar-refractivity contribution in [2.24, 2.45) is 0 Å². The summed E-state index contributed by atoms with van der Waals surface area (Å²) < 4.78 is 5.47. The Morgan fingerprint density at radius 2 is 2.15 bits per heavy atom. The van der Waals surface area contributed by atoms with Crippen LogP contribution in [-0.4, -0.2) is 41.2 Å². The molecule has 1 aromatic heterocycles. The first kappa shape index (κ1) is 15.2. The topological polar surface area (TPSA) is 59.1 Å². The molecule has 0 aromatic carbocycles. The molecule has 1 heterocycles. The third kappa shape index (κ3) is 3.69. The minimum absolute atomic E-state index is 0.472. The van der Waals surface area contributed by atoms with Crippen molar-refractivity contribution >= 4 is 23.4 Å². The molecule has 0 aliphatic heterocycles. The highest BCUT2D eigenvalue weighted by Gasteiger charge is 2.23. The first-order valence-electron chi connectivity index (χ1n) is 7.20. The minimum atomic E-state index is 0.472. The molecule has 0 amide bonds. The van der Waals surface area contributed by atoms with Crippen LogP contribution in [-0.2, 0) is 0 Å². The number of nitrogens with one attached hydrogen (secondary N) is 2. The summed E-state index contributed by atoms with van der Waals surface area (Å²) in [5.41, 5.74) is 0. The Balaban J connectivity index is 2.10. The van der Waals surface area contributed by atoms with Crippen molar-refractivity contribution < 1.29 is 4.74 Å². The summed E-state index contributed by atoms with van der Waals surface area (Å²) in [7, 11) is 1.66. The van der Waals surface area contributed by atoms with Crippen LogP contribution in [0.1, 0.15) is 32.6 Å². The van der Waals surface area contributed by atoms with E-state index in [0.29, 0.717) is 11.8 Å². The lowest BCUT2D eigenvalue weighted by molar-refractivity contribution is 0.411. The van der Waals surface area contributed by atoms with Gasteiger partial charge in [-0.1, -0.05) is 6.42 Å². The van der Waals surface area contributed by atoms with Crippen molar-refractivity contribution in [3.8, 4) is 5.75 Å². The molecule has 1 aliphatic rings. The van der Waals surface area contributed by atoms with Gasteiger partial charge in [0.25, 0.3) is 0 Å². The van der Waals surface area contributed by atoms with Crippen LogP contribution >= 0.6 is 11.8 Å². The van der Waals surface area contributed by atoms with Crippen LogP contribution in [0.3, 0.4) is 0 Å². The molecule has 2 N–H and O–H groups in total. The van der Waals surface area contributed by atoms with Crippen molar-refractivity contribution in [3.05, 3.63) is 6.33 Å². The molecule has 2 unspecified atom stereocenters. The molecular formula is C14H24N4OS. The number of anilines is 2. The van der Waals surface area contributed by atoms with Crippen molar-refractivity contribution in [1.29, 1.82) is 0 Å². The first-order valence-corrected chi connectivity index (χ1v) is 8.49. The van der Waals surface area contributed by atoms with Crippen LogP contribution in [0.15, 0.2) is 6.33 Å². The van der Waals surface area contributed by atoms with E-state index < -0.39 is 0 Å². The summed E-state index contributed by atoms with van der Waals surface area (Å²) in [6.45, 7) is 2.85. The van der Waals surface area contributed by atoms with Crippen LogP contribution in [0.2, 0.25) is 0 Å². The van der Waals surface area contributed by atoms with Crippen molar-refractivity contribution in [1.82, 2.24) is 9.97 Å². The predicted octanol–water partition coefficient (Wildman–Crippen LogP) is 3.00. The number of methoxy groups -OCH3 is 1. The Kier molecular flexibility index (Phi) is 5.76. The van der Waals surface area contributed by atoms with Gasteiger partial charge in [0.2, 0.25) is 5.75 Å². The summed E-state index contributed by atoms with van der Waals surface area (Å²) in [5.74, 6) is 2.26. The van der Waals surface area contributed by atoms with Gasteiger partial charge in [-0.25, -0.2) is 9.97 Å². The molecular weight excluding hydrogens is 272 g/mol. The van der Waals surface area contributed by atoms with Crippen molar-refractivity contribution in [3.63, 3.8) is 0 Å². The maximum Gasteiger partial charge on any atom is 0.204 e. The van der Waals surface area contributed by atoms with E-state index >= 15 is 0 Å². The fraction of sp³-hybridized carbons (Fsp3) is 0.714. The van der Waals surface area contributed by atoms with Crippen LogP contribution in [0, 0.1) is 0 Å². The lowest BCUT2D eigenvalue weighted by Gasteiger charge is -2.29. The Morgan fingerprint density at radius 1 is 1.35 bits per heavy atom. The average molecular weight is 296 g/mol. The Labute approximate surface area is 125 Å². The molecule has 2 rings (SSSR count). The van der Waals surface area contributed by atoms with Gasteiger partial charge in [-0.05, 0) is 32.4 Å². The molecule has 0 saturated heterocycles. The van der Waals surface area contributed by atoms with Gasteiger partial charge in [0.05, 0.1) is 7.11 Å². The normalized spacial score (nSPS) is 22.4. The zero-order valence-corrected chi connectivity index (χ0v) is 13.3. The number of rotatable bonds is 6. The van der Waals surface area contributed by atoms with E-state index in [2.05, 4.69) is 26.9 Å². The molecule has 0 bridgehead atoms. The van der Waals surface area contributed by atoms with E-state index in [-0.39, 0.29) is 0 Å². The molecule has 112 valence electrons. The summed E-state index contributed by atoms with van der Waals surface area (Å²) in [4.78, 5) is 8.58. The van der Waals surface area contributed by atoms with Crippen LogP contribution < -0.4 is 15.4 Å². The Morgan fingerprint density at radius 3 is 2.85 bits per heavy atom. The summed E-state index contributed by atoms with van der Waals surface area (Å²) >= 11 is 1.96. The van der Waals surface area contributed by atoms with E-state index in [1.807, 2.05) is 18.7 Å². The largest absolute Gasteiger partial charge is 0.490 e. The Hall–Kier alpha value is -1.17. The standard InChI is InChI=1S/C14H24N4OS/c1-4-15-13-12(19-2)14(17-9-16-13)18-10-6-5-7-11(8-10)20-3/h9-11H,4-8H2,1-3H3,(H2,15,16,17,18). The lowest BCUT2D eigenvalue weighted by atomic mass is 9.95. The zero-order chi connectivity index (χ0) is 14.4. The fourth-order valence-electron chi connectivity index (χ4n) is 2.65. The zero-order valence-electron chi connectivity index (χ0n) is 12.5. The second-order valence-corrected chi connectivity index (χ2v) is 6.14. The van der Waals surface area contributed by atoms with Gasteiger partial charge < -0.3 is 15.4 Å². The van der Waals surface area contributed by atoms with Gasteiger partial charge in [0, 0.05) is 17.8 Å². The molecule has 1 saturated carbocycles. The minimum Gasteiger partial charge on any atom is -0.490 e. The maximum absolute atomic E-state index is 5.47. The SMILES string of the molecule is CCNc1ncnc(NC2CCCC(SC)C2)c1OC. The van der Waals surface area contributed by atoms with Gasteiger partial charge in [-0.15, -0.1) is 0 Å². The monoisotopic (exact) mass is 296 g/mol. The molecule has 0 spiro atoms. The van der Waals surface area contributed by atoms with Gasteiger partial charge >= 0.3 is 0 Å². The average Bonchev–Trinajstić information content (AvgIpc) is 2.48. The smallest absolute Gasteiger partial charge is 0.204 e. The second kappa shape index (κ2) is 7.57. The van der Waals surface area contributed by atoms with E-state index in [9.17, 15) is 0 Å². The molecule has 6 heteroatoms. The fourth-order valence-corrected chi connectivity index (χ4v) is 3.47. The van der Waals surface area contributed by atoms with Gasteiger partial charge in [-0.2, -0.15) is 11.8 Å². The van der Waals surface area contributed by atoms with Crippen molar-refractivity contribution in [2.75, 3.05) is 30.5 Å². The highest BCUT2D eigenvalue weighted by molar-refractivity contribution is 7.99. The second-order valence-electron chi connectivity index (χ2n) is 5.00. The van der Waals surface area contributed by atoms with E-state index in [4.69, 9.17) is 4.74 Å². The number of nitrogens with zero attached hydrogens (tertiary/aromatic N) is 2. The molecule has 1 aliphatic carbocycles. The van der Waals surface area contributed by atoms with Gasteiger partial charge in [0.1, 0.15) is 6.33 Å². The maximum atomic E-state index is 5.47. The number of hydrogen-bond acceptors (Lipinski definition) is 6. The van der Waals surface area contributed by atoms with Crippen LogP contribution in [0.4, 0.5) is 11.6 Å². The van der Waals surface area contributed by atoms with E-state index in [1.165, 1.54) is 25.7 Å². The molecule has 1 aromatic rings. The van der Waals surface area contributed by atoms with Crippen LogP contribution in [0.5, 0.6) is 5.75 Å². The quantitative estimate of drug-likeness (QED) is 0.841.